The van der Waals surface area contributed by atoms with Gasteiger partial charge in [0.2, 0.25) is 0 Å². The fourth-order valence-electron chi connectivity index (χ4n) is 2.24. The molecule has 1 aromatic heterocycles. The van der Waals surface area contributed by atoms with Gasteiger partial charge in [0.1, 0.15) is 17.6 Å². The van der Waals surface area contributed by atoms with E-state index in [0.717, 1.165) is 10.2 Å². The largest absolute Gasteiger partial charge is 0.487 e. The Kier molecular flexibility index (Phi) is 3.25. The second-order valence-electron chi connectivity index (χ2n) is 4.71. The zero-order chi connectivity index (χ0) is 14.3. The number of aromatic nitrogens is 1. The van der Waals surface area contributed by atoms with Crippen LogP contribution < -0.4 is 9.64 Å². The Hall–Kier alpha value is -1.82. The van der Waals surface area contributed by atoms with Crippen LogP contribution in [-0.2, 0) is 0 Å². The zero-order valence-electron chi connectivity index (χ0n) is 11.1. The molecule has 6 heteroatoms. The molecule has 0 N–H and O–H groups in total. The van der Waals surface area contributed by atoms with Crippen LogP contribution in [0.25, 0.3) is 0 Å². The number of aryl methyl sites for hydroxylation is 1. The van der Waals surface area contributed by atoms with Crippen molar-refractivity contribution in [3.63, 3.8) is 0 Å². The van der Waals surface area contributed by atoms with Crippen LogP contribution in [0.15, 0.2) is 33.5 Å². The molecule has 0 spiro atoms. The molecular weight excluding hydrogens is 324 g/mol. The lowest BCUT2D eigenvalue weighted by atomic mass is 10.1. The molecule has 2 aromatic rings. The van der Waals surface area contributed by atoms with Crippen LogP contribution in [0.3, 0.4) is 0 Å². The molecule has 104 valence electrons. The van der Waals surface area contributed by atoms with E-state index in [0.29, 0.717) is 23.7 Å². The third-order valence-electron chi connectivity index (χ3n) is 3.17. The first kappa shape index (κ1) is 13.2. The summed E-state index contributed by atoms with van der Waals surface area (Å²) in [5.41, 5.74) is 1.08. The van der Waals surface area contributed by atoms with Crippen molar-refractivity contribution in [2.75, 3.05) is 11.4 Å². The molecule has 1 aliphatic heterocycles. The van der Waals surface area contributed by atoms with Crippen LogP contribution in [0.1, 0.15) is 23.2 Å². The number of nitrogens with zero attached hydrogens (tertiary/aromatic N) is 2. The minimum Gasteiger partial charge on any atom is -0.487 e. The molecule has 0 unspecified atom stereocenters. The number of fused-ring (bicyclic) bond motifs is 1. The molecule has 0 aliphatic carbocycles. The summed E-state index contributed by atoms with van der Waals surface area (Å²) < 4.78 is 11.8. The van der Waals surface area contributed by atoms with Crippen LogP contribution >= 0.6 is 15.9 Å². The van der Waals surface area contributed by atoms with E-state index < -0.39 is 0 Å². The van der Waals surface area contributed by atoms with Crippen LogP contribution in [0.4, 0.5) is 5.69 Å². The van der Waals surface area contributed by atoms with Gasteiger partial charge in [0, 0.05) is 4.47 Å². The van der Waals surface area contributed by atoms with Gasteiger partial charge >= 0.3 is 0 Å². The number of hydrogen-bond donors (Lipinski definition) is 0. The highest BCUT2D eigenvalue weighted by Crippen LogP contribution is 2.36. The quantitative estimate of drug-likeness (QED) is 0.802. The number of rotatable bonds is 1. The summed E-state index contributed by atoms with van der Waals surface area (Å²) in [5.74, 6) is 1.04. The Bertz CT molecular complexity index is 668. The highest BCUT2D eigenvalue weighted by Gasteiger charge is 2.30. The predicted octanol–water partition coefficient (Wildman–Crippen LogP) is 3.17. The van der Waals surface area contributed by atoms with E-state index in [-0.39, 0.29) is 12.0 Å². The first-order valence-corrected chi connectivity index (χ1v) is 7.03. The van der Waals surface area contributed by atoms with E-state index in [1.807, 2.05) is 25.1 Å². The summed E-state index contributed by atoms with van der Waals surface area (Å²) in [6, 6.07) is 5.61. The Morgan fingerprint density at radius 3 is 3.00 bits per heavy atom. The lowest BCUT2D eigenvalue weighted by molar-refractivity contribution is 0.0955. The van der Waals surface area contributed by atoms with Gasteiger partial charge in [-0.1, -0.05) is 15.9 Å². The van der Waals surface area contributed by atoms with Crippen LogP contribution in [0, 0.1) is 6.92 Å². The van der Waals surface area contributed by atoms with Gasteiger partial charge in [-0.3, -0.25) is 9.69 Å². The molecule has 1 atom stereocenters. The van der Waals surface area contributed by atoms with Gasteiger partial charge in [-0.25, -0.2) is 4.98 Å². The summed E-state index contributed by atoms with van der Waals surface area (Å²) in [7, 11) is 0. The first-order valence-electron chi connectivity index (χ1n) is 6.24. The van der Waals surface area contributed by atoms with Crippen LogP contribution in [-0.4, -0.2) is 23.5 Å². The van der Waals surface area contributed by atoms with Crippen molar-refractivity contribution >= 4 is 27.5 Å². The number of carbonyl (C=O) groups is 1. The van der Waals surface area contributed by atoms with Crippen molar-refractivity contribution in [1.82, 2.24) is 4.98 Å². The monoisotopic (exact) mass is 336 g/mol. The molecule has 0 saturated carbocycles. The average molecular weight is 337 g/mol. The molecule has 3 rings (SSSR count). The summed E-state index contributed by atoms with van der Waals surface area (Å²) in [6.07, 6.45) is 1.22. The molecule has 1 amide bonds. The lowest BCUT2D eigenvalue weighted by Gasteiger charge is -2.33. The number of ether oxygens (including phenoxy) is 1. The van der Waals surface area contributed by atoms with Gasteiger partial charge in [0.15, 0.2) is 12.1 Å². The Morgan fingerprint density at radius 2 is 2.30 bits per heavy atom. The van der Waals surface area contributed by atoms with E-state index in [4.69, 9.17) is 9.15 Å². The van der Waals surface area contributed by atoms with E-state index in [2.05, 4.69) is 20.9 Å². The fraction of sp³-hybridized carbons (Fsp3) is 0.286. The highest BCUT2D eigenvalue weighted by atomic mass is 79.9. The first-order chi connectivity index (χ1) is 9.56. The summed E-state index contributed by atoms with van der Waals surface area (Å²) in [4.78, 5) is 18.3. The maximum absolute atomic E-state index is 12.6. The van der Waals surface area contributed by atoms with Crippen molar-refractivity contribution in [2.45, 2.75) is 20.0 Å². The molecule has 5 nitrogen and oxygen atoms in total. The van der Waals surface area contributed by atoms with Gasteiger partial charge in [0.05, 0.1) is 12.2 Å². The van der Waals surface area contributed by atoms with Gasteiger partial charge < -0.3 is 9.15 Å². The van der Waals surface area contributed by atoms with Gasteiger partial charge in [-0.15, -0.1) is 0 Å². The minimum absolute atomic E-state index is 0.0696. The van der Waals surface area contributed by atoms with Crippen LogP contribution in [0.2, 0.25) is 0 Å². The third-order valence-corrected chi connectivity index (χ3v) is 3.67. The second kappa shape index (κ2) is 4.94. The zero-order valence-corrected chi connectivity index (χ0v) is 12.7. The summed E-state index contributed by atoms with van der Waals surface area (Å²) >= 11 is 3.42. The molecule has 0 radical (unpaired) electrons. The molecule has 0 fully saturated rings. The molecule has 0 bridgehead atoms. The van der Waals surface area contributed by atoms with E-state index in [1.54, 1.807) is 11.8 Å². The molecule has 2 heterocycles. The second-order valence-corrected chi connectivity index (χ2v) is 5.63. The number of carbonyl (C=O) groups excluding carboxylic acids is 1. The van der Waals surface area contributed by atoms with Gasteiger partial charge in [0.25, 0.3) is 5.91 Å². The van der Waals surface area contributed by atoms with E-state index >= 15 is 0 Å². The fourth-order valence-corrected chi connectivity index (χ4v) is 2.59. The highest BCUT2D eigenvalue weighted by molar-refractivity contribution is 9.10. The Morgan fingerprint density at radius 1 is 1.50 bits per heavy atom. The smallest absolute Gasteiger partial charge is 0.280 e. The van der Waals surface area contributed by atoms with Gasteiger partial charge in [-0.05, 0) is 32.0 Å². The standard InChI is InChI=1S/C14H13BrN2O3/c1-8-6-17(14(18)13-9(2)19-7-16-13)11-5-10(15)3-4-12(11)20-8/h3-5,7-8H,6H2,1-2H3/t8-/m1/s1. The normalized spacial score (nSPS) is 17.6. The van der Waals surface area contributed by atoms with Gasteiger partial charge in [-0.2, -0.15) is 0 Å². The van der Waals surface area contributed by atoms with Crippen molar-refractivity contribution < 1.29 is 13.9 Å². The Labute approximate surface area is 124 Å². The van der Waals surface area contributed by atoms with Crippen LogP contribution in [0.5, 0.6) is 5.75 Å². The SMILES string of the molecule is Cc1ocnc1C(=O)N1C[C@@H](C)Oc2ccc(Br)cc21. The Balaban J connectivity index is 2.04. The number of amides is 1. The number of hydrogen-bond acceptors (Lipinski definition) is 4. The molecule has 20 heavy (non-hydrogen) atoms. The average Bonchev–Trinajstić information content (AvgIpc) is 2.84. The maximum atomic E-state index is 12.6. The maximum Gasteiger partial charge on any atom is 0.280 e. The number of oxazole rings is 1. The summed E-state index contributed by atoms with van der Waals surface area (Å²) in [6.45, 7) is 4.14. The molecular formula is C14H13BrN2O3. The minimum atomic E-state index is -0.175. The number of halogens is 1. The van der Waals surface area contributed by atoms with Crippen molar-refractivity contribution in [3.05, 3.63) is 40.5 Å². The number of anilines is 1. The summed E-state index contributed by atoms with van der Waals surface area (Å²) in [5, 5.41) is 0. The van der Waals surface area contributed by atoms with Crippen molar-refractivity contribution in [2.24, 2.45) is 0 Å². The van der Waals surface area contributed by atoms with Crippen molar-refractivity contribution in [3.8, 4) is 5.75 Å². The predicted molar refractivity (Wildman–Crippen MR) is 77.1 cm³/mol. The molecule has 1 aliphatic rings. The lowest BCUT2D eigenvalue weighted by Crippen LogP contribution is -2.42. The topological polar surface area (TPSA) is 55.6 Å². The molecule has 0 saturated heterocycles. The van der Waals surface area contributed by atoms with Crippen molar-refractivity contribution in [1.29, 1.82) is 0 Å². The third kappa shape index (κ3) is 2.20. The molecule has 1 aromatic carbocycles. The van der Waals surface area contributed by atoms with E-state index in [1.165, 1.54) is 6.39 Å². The number of benzene rings is 1. The van der Waals surface area contributed by atoms with E-state index in [9.17, 15) is 4.79 Å².